The number of methoxy groups -OCH3 is 1. The summed E-state index contributed by atoms with van der Waals surface area (Å²) in [6, 6.07) is 13.2. The second-order valence-corrected chi connectivity index (χ2v) is 11.9. The lowest BCUT2D eigenvalue weighted by molar-refractivity contribution is -0.143. The van der Waals surface area contributed by atoms with Gasteiger partial charge in [-0.1, -0.05) is 62.6 Å². The van der Waals surface area contributed by atoms with Crippen LogP contribution in [-0.2, 0) is 20.7 Å². The fourth-order valence-electron chi connectivity index (χ4n) is 5.54. The Morgan fingerprint density at radius 3 is 2.50 bits per heavy atom. The van der Waals surface area contributed by atoms with Gasteiger partial charge in [0.2, 0.25) is 5.91 Å². The molecule has 2 amide bonds. The van der Waals surface area contributed by atoms with Crippen molar-refractivity contribution in [3.63, 3.8) is 0 Å². The average Bonchev–Trinajstić information content (AvgIpc) is 2.97. The van der Waals surface area contributed by atoms with Crippen LogP contribution in [0.1, 0.15) is 79.8 Å². The van der Waals surface area contributed by atoms with Gasteiger partial charge in [-0.05, 0) is 85.3 Å². The van der Waals surface area contributed by atoms with Gasteiger partial charge in [0.15, 0.2) is 0 Å². The summed E-state index contributed by atoms with van der Waals surface area (Å²) >= 11 is 1.62. The van der Waals surface area contributed by atoms with Gasteiger partial charge >= 0.3 is 5.97 Å². The fraction of sp³-hybridized carbons (Fsp3) is 0.545. The number of hydrogen-bond acceptors (Lipinski definition) is 5. The van der Waals surface area contributed by atoms with Crippen molar-refractivity contribution in [3.8, 4) is 11.1 Å². The lowest BCUT2D eigenvalue weighted by atomic mass is 9.88. The third kappa shape index (κ3) is 9.12. The van der Waals surface area contributed by atoms with Crippen LogP contribution in [-0.4, -0.2) is 60.9 Å². The van der Waals surface area contributed by atoms with Gasteiger partial charge in [0, 0.05) is 25.1 Å². The van der Waals surface area contributed by atoms with Crippen molar-refractivity contribution in [2.45, 2.75) is 77.7 Å². The molecule has 7 heteroatoms. The van der Waals surface area contributed by atoms with Crippen LogP contribution in [0.15, 0.2) is 42.5 Å². The molecule has 1 fully saturated rings. The van der Waals surface area contributed by atoms with E-state index in [0.29, 0.717) is 30.9 Å². The van der Waals surface area contributed by atoms with Crippen molar-refractivity contribution in [1.29, 1.82) is 0 Å². The summed E-state index contributed by atoms with van der Waals surface area (Å²) in [6.45, 7) is 5.61. The van der Waals surface area contributed by atoms with Crippen LogP contribution in [0.25, 0.3) is 11.1 Å². The van der Waals surface area contributed by atoms with Crippen LogP contribution >= 0.6 is 11.8 Å². The van der Waals surface area contributed by atoms with Crippen molar-refractivity contribution in [1.82, 2.24) is 10.2 Å². The van der Waals surface area contributed by atoms with E-state index in [1.54, 1.807) is 11.8 Å². The van der Waals surface area contributed by atoms with Crippen LogP contribution in [0.3, 0.4) is 0 Å². The zero-order chi connectivity index (χ0) is 28.9. The van der Waals surface area contributed by atoms with Gasteiger partial charge in [0.05, 0.1) is 7.11 Å². The molecule has 0 heterocycles. The fourth-order valence-corrected chi connectivity index (χ4v) is 6.01. The van der Waals surface area contributed by atoms with E-state index >= 15 is 0 Å². The van der Waals surface area contributed by atoms with Crippen LogP contribution in [0.4, 0.5) is 0 Å². The van der Waals surface area contributed by atoms with E-state index in [4.69, 9.17) is 4.74 Å². The first-order chi connectivity index (χ1) is 19.4. The van der Waals surface area contributed by atoms with E-state index in [2.05, 4.69) is 23.2 Å². The minimum atomic E-state index is -0.702. The molecule has 0 aliphatic heterocycles. The zero-order valence-corrected chi connectivity index (χ0v) is 25.5. The molecular formula is C33H46N2O4S. The molecule has 1 N–H and O–H groups in total. The van der Waals surface area contributed by atoms with Gasteiger partial charge in [-0.3, -0.25) is 9.59 Å². The Balaban J connectivity index is 1.86. The van der Waals surface area contributed by atoms with Crippen LogP contribution in [0.5, 0.6) is 0 Å². The molecule has 2 aromatic rings. The first-order valence-corrected chi connectivity index (χ1v) is 16.1. The number of esters is 1. The highest BCUT2D eigenvalue weighted by Crippen LogP contribution is 2.29. The van der Waals surface area contributed by atoms with E-state index in [0.717, 1.165) is 47.4 Å². The molecule has 1 saturated carbocycles. The van der Waals surface area contributed by atoms with E-state index in [-0.39, 0.29) is 11.8 Å². The Morgan fingerprint density at radius 1 is 1.07 bits per heavy atom. The van der Waals surface area contributed by atoms with Gasteiger partial charge in [-0.15, -0.1) is 0 Å². The SMILES string of the molecule is CCCC(=O)N(CCc1ccc(C(=O)NC(CCSC)C(=O)OC)c(-c2ccccc2C)c1)CC1CCCCC1. The Hall–Kier alpha value is -2.80. The molecule has 0 spiro atoms. The number of hydrogen-bond donors (Lipinski definition) is 1. The number of nitrogens with one attached hydrogen (secondary N) is 1. The summed E-state index contributed by atoms with van der Waals surface area (Å²) in [6.07, 6.45) is 10.9. The molecule has 3 rings (SSSR count). The summed E-state index contributed by atoms with van der Waals surface area (Å²) < 4.78 is 4.95. The molecule has 0 saturated heterocycles. The summed E-state index contributed by atoms with van der Waals surface area (Å²) in [7, 11) is 1.34. The second kappa shape index (κ2) is 16.5. The molecule has 1 aliphatic carbocycles. The number of rotatable bonds is 14. The maximum atomic E-state index is 13.5. The van der Waals surface area contributed by atoms with Gasteiger partial charge in [0.25, 0.3) is 5.91 Å². The molecule has 218 valence electrons. The smallest absolute Gasteiger partial charge is 0.328 e. The van der Waals surface area contributed by atoms with Crippen LogP contribution in [0, 0.1) is 12.8 Å². The lowest BCUT2D eigenvalue weighted by Gasteiger charge is -2.30. The molecule has 6 nitrogen and oxygen atoms in total. The van der Waals surface area contributed by atoms with Gasteiger partial charge < -0.3 is 15.0 Å². The van der Waals surface area contributed by atoms with E-state index in [1.165, 1.54) is 39.2 Å². The highest BCUT2D eigenvalue weighted by Gasteiger charge is 2.24. The van der Waals surface area contributed by atoms with Crippen molar-refractivity contribution < 1.29 is 19.1 Å². The Labute approximate surface area is 244 Å². The first kappa shape index (κ1) is 31.7. The first-order valence-electron chi connectivity index (χ1n) is 14.7. The standard InChI is InChI=1S/C33H46N2O4S/c1-5-11-31(36)35(23-26-13-7-6-8-14-26)20-18-25-16-17-28(29(22-25)27-15-10-9-12-24(27)2)32(37)34-30(19-21-40-4)33(38)39-3/h9-10,12,15-17,22,26,30H,5-8,11,13-14,18-21,23H2,1-4H3,(H,34,37). The minimum absolute atomic E-state index is 0.238. The number of carbonyl (C=O) groups excluding carboxylic acids is 3. The van der Waals surface area contributed by atoms with E-state index in [9.17, 15) is 14.4 Å². The van der Waals surface area contributed by atoms with Crippen molar-refractivity contribution in [2.24, 2.45) is 5.92 Å². The van der Waals surface area contributed by atoms with Crippen molar-refractivity contribution >= 4 is 29.5 Å². The summed E-state index contributed by atoms with van der Waals surface area (Å²) in [5.41, 5.74) is 4.49. The second-order valence-electron chi connectivity index (χ2n) is 10.9. The summed E-state index contributed by atoms with van der Waals surface area (Å²) in [5, 5.41) is 2.91. The summed E-state index contributed by atoms with van der Waals surface area (Å²) in [4.78, 5) is 41.0. The normalized spacial score (nSPS) is 14.4. The Morgan fingerprint density at radius 2 is 1.82 bits per heavy atom. The Bertz CT molecular complexity index is 1130. The highest BCUT2D eigenvalue weighted by molar-refractivity contribution is 7.98. The molecule has 0 aromatic heterocycles. The highest BCUT2D eigenvalue weighted by atomic mass is 32.2. The average molecular weight is 567 g/mol. The summed E-state index contributed by atoms with van der Waals surface area (Å²) in [5.74, 6) is 0.835. The maximum Gasteiger partial charge on any atom is 0.328 e. The largest absolute Gasteiger partial charge is 0.467 e. The lowest BCUT2D eigenvalue weighted by Crippen LogP contribution is -2.42. The van der Waals surface area contributed by atoms with Crippen LogP contribution in [0.2, 0.25) is 0 Å². The number of benzene rings is 2. The molecule has 40 heavy (non-hydrogen) atoms. The van der Waals surface area contributed by atoms with Crippen LogP contribution < -0.4 is 5.32 Å². The predicted molar refractivity (Wildman–Crippen MR) is 165 cm³/mol. The van der Waals surface area contributed by atoms with Crippen molar-refractivity contribution in [2.75, 3.05) is 32.2 Å². The third-order valence-electron chi connectivity index (χ3n) is 7.86. The number of amides is 2. The minimum Gasteiger partial charge on any atom is -0.467 e. The zero-order valence-electron chi connectivity index (χ0n) is 24.7. The van der Waals surface area contributed by atoms with Gasteiger partial charge in [-0.25, -0.2) is 4.79 Å². The molecule has 0 bridgehead atoms. The molecule has 1 atom stereocenters. The van der Waals surface area contributed by atoms with Crippen molar-refractivity contribution in [3.05, 3.63) is 59.2 Å². The molecule has 2 aromatic carbocycles. The molecule has 1 aliphatic rings. The third-order valence-corrected chi connectivity index (χ3v) is 8.50. The van der Waals surface area contributed by atoms with Gasteiger partial charge in [-0.2, -0.15) is 11.8 Å². The molecule has 1 unspecified atom stereocenters. The number of thioether (sulfide) groups is 1. The van der Waals surface area contributed by atoms with E-state index in [1.807, 2.05) is 49.6 Å². The predicted octanol–water partition coefficient (Wildman–Crippen LogP) is 6.44. The quantitative estimate of drug-likeness (QED) is 0.267. The maximum absolute atomic E-state index is 13.5. The number of ether oxygens (including phenoxy) is 1. The molecule has 0 radical (unpaired) electrons. The number of carbonyl (C=O) groups is 3. The topological polar surface area (TPSA) is 75.7 Å². The van der Waals surface area contributed by atoms with E-state index < -0.39 is 12.0 Å². The number of aryl methyl sites for hydroxylation is 1. The number of nitrogens with zero attached hydrogens (tertiary/aromatic N) is 1. The van der Waals surface area contributed by atoms with Gasteiger partial charge in [0.1, 0.15) is 6.04 Å². The monoisotopic (exact) mass is 566 g/mol. The Kier molecular flexibility index (Phi) is 13.1. The molecular weight excluding hydrogens is 520 g/mol.